The maximum Gasteiger partial charge on any atom is 0.0658 e. The third-order valence-electron chi connectivity index (χ3n) is 2.55. The minimum atomic E-state index is -0.375. The second-order valence-electron chi connectivity index (χ2n) is 3.74. The molecule has 0 amide bonds. The van der Waals surface area contributed by atoms with Gasteiger partial charge in [-0.2, -0.15) is 0 Å². The zero-order valence-corrected chi connectivity index (χ0v) is 10.4. The van der Waals surface area contributed by atoms with Crippen molar-refractivity contribution in [2.24, 2.45) is 0 Å². The van der Waals surface area contributed by atoms with Crippen LogP contribution in [0.5, 0.6) is 0 Å². The highest BCUT2D eigenvalue weighted by atomic mass is 79.9. The Labute approximate surface area is 91.2 Å². The molecule has 72 valence electrons. The molecular weight excluding hydrogens is 284 g/mol. The van der Waals surface area contributed by atoms with E-state index in [9.17, 15) is 5.11 Å². The molecule has 12 heavy (non-hydrogen) atoms. The average molecular weight is 300 g/mol. The predicted molar refractivity (Wildman–Crippen MR) is 59.2 cm³/mol. The van der Waals surface area contributed by atoms with Crippen molar-refractivity contribution < 1.29 is 5.11 Å². The second kappa shape index (κ2) is 4.97. The van der Waals surface area contributed by atoms with Gasteiger partial charge in [-0.3, -0.25) is 0 Å². The lowest BCUT2D eigenvalue weighted by molar-refractivity contribution is -0.00231. The van der Waals surface area contributed by atoms with Gasteiger partial charge in [0.15, 0.2) is 0 Å². The maximum absolute atomic E-state index is 10.1. The van der Waals surface area contributed by atoms with E-state index in [1.165, 1.54) is 19.3 Å². The lowest BCUT2D eigenvalue weighted by Crippen LogP contribution is -2.34. The molecule has 3 heteroatoms. The van der Waals surface area contributed by atoms with E-state index in [4.69, 9.17) is 0 Å². The highest BCUT2D eigenvalue weighted by Crippen LogP contribution is 2.33. The minimum absolute atomic E-state index is 0.375. The largest absolute Gasteiger partial charge is 0.390 e. The summed E-state index contributed by atoms with van der Waals surface area (Å²) in [5.74, 6) is 0. The highest BCUT2D eigenvalue weighted by molar-refractivity contribution is 9.12. The minimum Gasteiger partial charge on any atom is -0.390 e. The van der Waals surface area contributed by atoms with Gasteiger partial charge in [-0.15, -0.1) is 0 Å². The first-order chi connectivity index (χ1) is 5.66. The van der Waals surface area contributed by atoms with Crippen molar-refractivity contribution in [3.8, 4) is 0 Å². The topological polar surface area (TPSA) is 20.2 Å². The van der Waals surface area contributed by atoms with Crippen LogP contribution < -0.4 is 0 Å². The van der Waals surface area contributed by atoms with Crippen LogP contribution in [0.4, 0.5) is 0 Å². The van der Waals surface area contributed by atoms with Crippen LogP contribution in [0.25, 0.3) is 0 Å². The Bertz CT molecular complexity index is 132. The van der Waals surface area contributed by atoms with Gasteiger partial charge in [-0.05, 0) is 19.3 Å². The number of alkyl halides is 2. The highest BCUT2D eigenvalue weighted by Gasteiger charge is 2.30. The van der Waals surface area contributed by atoms with Crippen LogP contribution >= 0.6 is 31.9 Å². The van der Waals surface area contributed by atoms with Gasteiger partial charge in [-0.1, -0.05) is 51.1 Å². The van der Waals surface area contributed by atoms with Gasteiger partial charge in [-0.25, -0.2) is 0 Å². The van der Waals surface area contributed by atoms with Gasteiger partial charge < -0.3 is 5.11 Å². The molecule has 1 N–H and O–H groups in total. The smallest absolute Gasteiger partial charge is 0.0658 e. The summed E-state index contributed by atoms with van der Waals surface area (Å²) in [5.41, 5.74) is -0.375. The molecule has 1 aliphatic carbocycles. The van der Waals surface area contributed by atoms with Crippen LogP contribution in [-0.4, -0.2) is 20.9 Å². The van der Waals surface area contributed by atoms with E-state index < -0.39 is 0 Å². The Morgan fingerprint density at radius 2 is 1.83 bits per heavy atom. The van der Waals surface area contributed by atoms with Crippen LogP contribution in [0.1, 0.15) is 38.5 Å². The fraction of sp³-hybridized carbons (Fsp3) is 1.00. The van der Waals surface area contributed by atoms with Crippen molar-refractivity contribution in [2.75, 3.05) is 5.33 Å². The molecule has 0 heterocycles. The van der Waals surface area contributed by atoms with Crippen LogP contribution in [0, 0.1) is 0 Å². The summed E-state index contributed by atoms with van der Waals surface area (Å²) < 4.78 is 0. The molecule has 0 aromatic carbocycles. The van der Waals surface area contributed by atoms with E-state index in [1.807, 2.05) is 0 Å². The molecule has 1 fully saturated rings. The maximum atomic E-state index is 10.1. The molecule has 0 spiro atoms. The van der Waals surface area contributed by atoms with Crippen LogP contribution in [0.3, 0.4) is 0 Å². The van der Waals surface area contributed by atoms with E-state index in [0.29, 0.717) is 4.83 Å². The third-order valence-corrected chi connectivity index (χ3v) is 4.85. The third kappa shape index (κ3) is 3.35. The van der Waals surface area contributed by atoms with Crippen molar-refractivity contribution in [1.29, 1.82) is 0 Å². The Balaban J connectivity index is 2.35. The quantitative estimate of drug-likeness (QED) is 0.793. The number of aliphatic hydroxyl groups is 1. The summed E-state index contributed by atoms with van der Waals surface area (Å²) in [6, 6.07) is 0. The Kier molecular flexibility index (Phi) is 4.55. The SMILES string of the molecule is OC1(CC(Br)CBr)CCCCC1. The standard InChI is InChI=1S/C9H16Br2O/c10-7-8(11)6-9(12)4-2-1-3-5-9/h8,12H,1-7H2. The molecule has 1 atom stereocenters. The van der Waals surface area contributed by atoms with E-state index in [0.717, 1.165) is 24.6 Å². The molecule has 0 aromatic heterocycles. The zero-order valence-electron chi connectivity index (χ0n) is 7.23. The van der Waals surface area contributed by atoms with E-state index >= 15 is 0 Å². The van der Waals surface area contributed by atoms with Crippen molar-refractivity contribution >= 4 is 31.9 Å². The van der Waals surface area contributed by atoms with E-state index in [2.05, 4.69) is 31.9 Å². The summed E-state index contributed by atoms with van der Waals surface area (Å²) in [4.78, 5) is 0.417. The normalized spacial score (nSPS) is 25.2. The molecule has 1 aliphatic rings. The van der Waals surface area contributed by atoms with Crippen LogP contribution in [0.15, 0.2) is 0 Å². The monoisotopic (exact) mass is 298 g/mol. The van der Waals surface area contributed by atoms with E-state index in [-0.39, 0.29) is 5.60 Å². The molecule has 0 aromatic rings. The van der Waals surface area contributed by atoms with Crippen molar-refractivity contribution in [3.05, 3.63) is 0 Å². The van der Waals surface area contributed by atoms with Crippen molar-refractivity contribution in [1.82, 2.24) is 0 Å². The first kappa shape index (κ1) is 11.0. The number of hydrogen-bond acceptors (Lipinski definition) is 1. The predicted octanol–water partition coefficient (Wildman–Crippen LogP) is 3.23. The molecule has 0 aliphatic heterocycles. The van der Waals surface area contributed by atoms with Gasteiger partial charge in [0.05, 0.1) is 5.60 Å². The fourth-order valence-electron chi connectivity index (χ4n) is 1.88. The van der Waals surface area contributed by atoms with Crippen molar-refractivity contribution in [2.45, 2.75) is 49.0 Å². The molecule has 1 nitrogen and oxygen atoms in total. The van der Waals surface area contributed by atoms with Gasteiger partial charge >= 0.3 is 0 Å². The average Bonchev–Trinajstić information content (AvgIpc) is 2.05. The first-order valence-electron chi connectivity index (χ1n) is 4.59. The summed E-state index contributed by atoms with van der Waals surface area (Å²) in [5, 5.41) is 11.0. The summed E-state index contributed by atoms with van der Waals surface area (Å²) in [6.45, 7) is 0. The summed E-state index contributed by atoms with van der Waals surface area (Å²) in [7, 11) is 0. The lowest BCUT2D eigenvalue weighted by Gasteiger charge is -2.33. The summed E-state index contributed by atoms with van der Waals surface area (Å²) >= 11 is 6.95. The van der Waals surface area contributed by atoms with E-state index in [1.54, 1.807) is 0 Å². The van der Waals surface area contributed by atoms with Gasteiger partial charge in [0.1, 0.15) is 0 Å². The van der Waals surface area contributed by atoms with Gasteiger partial charge in [0.2, 0.25) is 0 Å². The first-order valence-corrected chi connectivity index (χ1v) is 6.62. The Hall–Kier alpha value is 0.920. The molecule has 0 saturated heterocycles. The lowest BCUT2D eigenvalue weighted by atomic mass is 9.82. The second-order valence-corrected chi connectivity index (χ2v) is 5.68. The Morgan fingerprint density at radius 1 is 1.25 bits per heavy atom. The fourth-order valence-corrected chi connectivity index (χ4v) is 2.71. The van der Waals surface area contributed by atoms with Crippen LogP contribution in [0.2, 0.25) is 0 Å². The van der Waals surface area contributed by atoms with Crippen molar-refractivity contribution in [3.63, 3.8) is 0 Å². The molecule has 1 unspecified atom stereocenters. The summed E-state index contributed by atoms with van der Waals surface area (Å²) in [6.07, 6.45) is 6.54. The molecule has 1 rings (SSSR count). The number of rotatable bonds is 3. The van der Waals surface area contributed by atoms with Gasteiger partial charge in [0, 0.05) is 10.2 Å². The van der Waals surface area contributed by atoms with Gasteiger partial charge in [0.25, 0.3) is 0 Å². The number of hydrogen-bond donors (Lipinski definition) is 1. The molecule has 1 saturated carbocycles. The molecule has 0 bridgehead atoms. The molecular formula is C9H16Br2O. The Morgan fingerprint density at radius 3 is 2.33 bits per heavy atom. The zero-order chi connectivity index (χ0) is 9.03. The molecule has 0 radical (unpaired) electrons. The number of halogens is 2. The van der Waals surface area contributed by atoms with Crippen LogP contribution in [-0.2, 0) is 0 Å².